The lowest BCUT2D eigenvalue weighted by atomic mass is 9.83. The van der Waals surface area contributed by atoms with E-state index in [4.69, 9.17) is 13.0 Å². The maximum absolute atomic E-state index is 10.7. The van der Waals surface area contributed by atoms with E-state index in [9.17, 15) is 13.2 Å². The third-order valence-corrected chi connectivity index (χ3v) is 16.8. The summed E-state index contributed by atoms with van der Waals surface area (Å²) in [5.74, 6) is 3.63. The number of thioether (sulfide) groups is 2. The summed E-state index contributed by atoms with van der Waals surface area (Å²) in [6, 6.07) is 0. The SMILES string of the molecule is CS[P+](C)(C)C1SCC(C(C)(C)C)CS1.O=S(=O)([O-])C(F)(F)F. The zero-order valence-corrected chi connectivity index (χ0v) is 18.2. The predicted molar refractivity (Wildman–Crippen MR) is 99.7 cm³/mol. The van der Waals surface area contributed by atoms with Crippen molar-refractivity contribution in [1.29, 1.82) is 0 Å². The molecular weight excluding hydrogens is 408 g/mol. The first-order chi connectivity index (χ1) is 10.0. The lowest BCUT2D eigenvalue weighted by molar-refractivity contribution is -0.0517. The van der Waals surface area contributed by atoms with Crippen LogP contribution in [0.25, 0.3) is 0 Å². The van der Waals surface area contributed by atoms with Crippen LogP contribution in [0.5, 0.6) is 0 Å². The number of hydrogen-bond donors (Lipinski definition) is 0. The van der Waals surface area contributed by atoms with Gasteiger partial charge in [-0.15, -0.1) is 23.5 Å². The minimum atomic E-state index is -6.09. The molecule has 0 radical (unpaired) electrons. The molecule has 23 heavy (non-hydrogen) atoms. The van der Waals surface area contributed by atoms with Crippen molar-refractivity contribution in [2.45, 2.75) is 30.6 Å². The quantitative estimate of drug-likeness (QED) is 0.347. The van der Waals surface area contributed by atoms with E-state index in [2.05, 4.69) is 75.3 Å². The molecule has 1 saturated heterocycles. The van der Waals surface area contributed by atoms with E-state index in [1.54, 1.807) is 0 Å². The highest BCUT2D eigenvalue weighted by molar-refractivity contribution is 8.66. The van der Waals surface area contributed by atoms with E-state index in [-0.39, 0.29) is 0 Å². The van der Waals surface area contributed by atoms with Gasteiger partial charge in [0.05, 0.1) is 19.8 Å². The van der Waals surface area contributed by atoms with Crippen molar-refractivity contribution in [3.63, 3.8) is 0 Å². The van der Waals surface area contributed by atoms with Crippen LogP contribution in [0.3, 0.4) is 0 Å². The Hall–Kier alpha value is 1.18. The predicted octanol–water partition coefficient (Wildman–Crippen LogP) is 5.02. The van der Waals surface area contributed by atoms with Gasteiger partial charge in [-0.05, 0) is 11.3 Å². The minimum Gasteiger partial charge on any atom is -0.741 e. The molecule has 0 aromatic rings. The average molecular weight is 433 g/mol. The van der Waals surface area contributed by atoms with Crippen molar-refractivity contribution in [2.24, 2.45) is 11.3 Å². The van der Waals surface area contributed by atoms with Crippen LogP contribution in [0.15, 0.2) is 0 Å². The summed E-state index contributed by atoms with van der Waals surface area (Å²) in [4.78, 5) is 0. The first-order valence-corrected chi connectivity index (χ1v) is 14.8. The zero-order chi connectivity index (χ0) is 18.7. The van der Waals surface area contributed by atoms with Crippen molar-refractivity contribution >= 4 is 51.5 Å². The molecule has 0 atom stereocenters. The van der Waals surface area contributed by atoms with E-state index in [0.717, 1.165) is 10.2 Å². The Morgan fingerprint density at radius 3 is 1.70 bits per heavy atom. The van der Waals surface area contributed by atoms with E-state index in [1.807, 2.05) is 0 Å². The summed E-state index contributed by atoms with van der Waals surface area (Å²) < 4.78 is 59.8. The maximum atomic E-state index is 10.7. The molecule has 0 aromatic carbocycles. The molecular formula is C12H24F3O3PS4. The van der Waals surface area contributed by atoms with Gasteiger partial charge >= 0.3 is 5.51 Å². The molecule has 1 rings (SSSR count). The fraction of sp³-hybridized carbons (Fsp3) is 1.00. The monoisotopic (exact) mass is 432 g/mol. The third kappa shape index (κ3) is 8.40. The highest BCUT2D eigenvalue weighted by atomic mass is 32.7. The van der Waals surface area contributed by atoms with E-state index < -0.39 is 22.1 Å². The van der Waals surface area contributed by atoms with E-state index in [1.165, 1.54) is 11.5 Å². The fourth-order valence-corrected chi connectivity index (χ4v) is 11.2. The molecule has 0 saturated carbocycles. The molecule has 3 nitrogen and oxygen atoms in total. The van der Waals surface area contributed by atoms with Crippen LogP contribution in [-0.2, 0) is 10.1 Å². The van der Waals surface area contributed by atoms with E-state index >= 15 is 0 Å². The van der Waals surface area contributed by atoms with Crippen LogP contribution in [0.1, 0.15) is 20.8 Å². The van der Waals surface area contributed by atoms with Gasteiger partial charge in [0.15, 0.2) is 14.4 Å². The molecule has 1 heterocycles. The Morgan fingerprint density at radius 1 is 1.13 bits per heavy atom. The molecule has 0 unspecified atom stereocenters. The molecule has 0 N–H and O–H groups in total. The molecule has 0 aliphatic carbocycles. The molecule has 0 bridgehead atoms. The molecule has 0 spiro atoms. The number of alkyl halides is 3. The first-order valence-electron chi connectivity index (χ1n) is 6.67. The summed E-state index contributed by atoms with van der Waals surface area (Å²) in [7, 11) is -6.09. The topological polar surface area (TPSA) is 57.2 Å². The van der Waals surface area contributed by atoms with Crippen molar-refractivity contribution < 1.29 is 26.1 Å². The lowest BCUT2D eigenvalue weighted by Crippen LogP contribution is -2.29. The van der Waals surface area contributed by atoms with Gasteiger partial charge in [0, 0.05) is 29.1 Å². The van der Waals surface area contributed by atoms with Crippen LogP contribution in [0.4, 0.5) is 13.2 Å². The van der Waals surface area contributed by atoms with Gasteiger partial charge in [-0.3, -0.25) is 0 Å². The van der Waals surface area contributed by atoms with Crippen LogP contribution < -0.4 is 0 Å². The molecule has 11 heteroatoms. The summed E-state index contributed by atoms with van der Waals surface area (Å²) in [6.45, 7) is 11.4. The second-order valence-electron chi connectivity index (χ2n) is 6.55. The van der Waals surface area contributed by atoms with Gasteiger partial charge in [0.2, 0.25) is 0 Å². The first kappa shape index (κ1) is 24.2. The third-order valence-electron chi connectivity index (χ3n) is 3.37. The summed E-state index contributed by atoms with van der Waals surface area (Å²) >= 11 is 6.55. The summed E-state index contributed by atoms with van der Waals surface area (Å²) in [5, 5.41) is 0. The average Bonchev–Trinajstić information content (AvgIpc) is 2.36. The highest BCUT2D eigenvalue weighted by Crippen LogP contribution is 2.73. The normalized spacial score (nSPS) is 23.9. The number of halogens is 3. The lowest BCUT2D eigenvalue weighted by Gasteiger charge is -2.37. The van der Waals surface area contributed by atoms with Crippen molar-refractivity contribution in [1.82, 2.24) is 0 Å². The fourth-order valence-electron chi connectivity index (χ4n) is 1.44. The zero-order valence-electron chi connectivity index (χ0n) is 14.0. The Balaban J connectivity index is 0.000000515. The van der Waals surface area contributed by atoms with Gasteiger partial charge in [-0.25, -0.2) is 8.42 Å². The van der Waals surface area contributed by atoms with Gasteiger partial charge in [0.1, 0.15) is 0 Å². The van der Waals surface area contributed by atoms with E-state index in [0.29, 0.717) is 5.41 Å². The maximum Gasteiger partial charge on any atom is 0.485 e. The van der Waals surface area contributed by atoms with Crippen molar-refractivity contribution in [3.8, 4) is 0 Å². The highest BCUT2D eigenvalue weighted by Gasteiger charge is 2.42. The van der Waals surface area contributed by atoms with Gasteiger partial charge < -0.3 is 4.55 Å². The Bertz CT molecular complexity index is 467. The Morgan fingerprint density at radius 2 is 1.48 bits per heavy atom. The van der Waals surface area contributed by atoms with Gasteiger partial charge in [-0.2, -0.15) is 13.2 Å². The minimum absolute atomic E-state index is 0.493. The Labute approximate surface area is 150 Å². The van der Waals surface area contributed by atoms with Crippen LogP contribution in [0, 0.1) is 11.3 Å². The number of hydrogen-bond acceptors (Lipinski definition) is 6. The van der Waals surface area contributed by atoms with Gasteiger partial charge in [0.25, 0.3) is 0 Å². The summed E-state index contributed by atoms with van der Waals surface area (Å²) in [6.07, 6.45) is 2.28. The smallest absolute Gasteiger partial charge is 0.485 e. The molecule has 1 aliphatic heterocycles. The molecule has 0 amide bonds. The van der Waals surface area contributed by atoms with Gasteiger partial charge in [-0.1, -0.05) is 20.8 Å². The standard InChI is InChI=1S/C11H24PS3.CHF3O3S/c1-11(2,3)9-7-14-10(15-8-9)12(4,5)13-6;2-1(3,4)8(5,6)7/h9-10H,7-8H2,1-6H3;(H,5,6,7)/q+1;/p-1. The molecule has 1 aliphatic rings. The van der Waals surface area contributed by atoms with Crippen molar-refractivity contribution in [3.05, 3.63) is 0 Å². The number of rotatable bonds is 2. The van der Waals surface area contributed by atoms with Crippen LogP contribution >= 0.6 is 41.4 Å². The van der Waals surface area contributed by atoms with Crippen LogP contribution in [-0.4, -0.2) is 53.9 Å². The van der Waals surface area contributed by atoms with Crippen molar-refractivity contribution in [2.75, 3.05) is 31.1 Å². The molecule has 1 fully saturated rings. The molecule has 0 aromatic heterocycles. The molecule has 140 valence electrons. The Kier molecular flexibility index (Phi) is 9.16. The largest absolute Gasteiger partial charge is 0.741 e. The van der Waals surface area contributed by atoms with Crippen LogP contribution in [0.2, 0.25) is 0 Å². The summed E-state index contributed by atoms with van der Waals surface area (Å²) in [5.41, 5.74) is -5.15. The second-order valence-corrected chi connectivity index (χ2v) is 18.9. The second kappa shape index (κ2) is 8.71.